The standard InChI is InChI=1S/C12H24O2S/c1-12(2,3)9-10-6-5-7-11(8-10)15(4,13)14/h10-11H,5-9H2,1-4H3. The monoisotopic (exact) mass is 232 g/mol. The molecule has 15 heavy (non-hydrogen) atoms. The Morgan fingerprint density at radius 3 is 2.27 bits per heavy atom. The lowest BCUT2D eigenvalue weighted by Gasteiger charge is -2.32. The SMILES string of the molecule is CC(C)(C)CC1CCCC(S(C)(=O)=O)C1. The summed E-state index contributed by atoms with van der Waals surface area (Å²) in [4.78, 5) is 0. The highest BCUT2D eigenvalue weighted by Gasteiger charge is 2.30. The molecule has 3 heteroatoms. The van der Waals surface area contributed by atoms with Crippen molar-refractivity contribution < 1.29 is 8.42 Å². The molecule has 1 rings (SSSR count). The Hall–Kier alpha value is -0.0500. The van der Waals surface area contributed by atoms with Gasteiger partial charge in [-0.1, -0.05) is 33.6 Å². The highest BCUT2D eigenvalue weighted by Crippen LogP contribution is 2.36. The van der Waals surface area contributed by atoms with E-state index in [9.17, 15) is 8.42 Å². The molecule has 1 aliphatic rings. The quantitative estimate of drug-likeness (QED) is 0.733. The average molecular weight is 232 g/mol. The molecule has 0 saturated heterocycles. The Kier molecular flexibility index (Phi) is 3.85. The molecule has 0 aromatic carbocycles. The van der Waals surface area contributed by atoms with Gasteiger partial charge in [0.2, 0.25) is 0 Å². The largest absolute Gasteiger partial charge is 0.229 e. The fourth-order valence-corrected chi connectivity index (χ4v) is 3.90. The van der Waals surface area contributed by atoms with Gasteiger partial charge in [0, 0.05) is 6.26 Å². The van der Waals surface area contributed by atoms with Gasteiger partial charge in [0.15, 0.2) is 0 Å². The fraction of sp³-hybridized carbons (Fsp3) is 1.00. The first-order valence-corrected chi connectivity index (χ1v) is 7.83. The second-order valence-corrected chi connectivity index (χ2v) is 8.57. The Labute approximate surface area is 94.4 Å². The van der Waals surface area contributed by atoms with E-state index in [1.54, 1.807) is 0 Å². The Morgan fingerprint density at radius 1 is 1.20 bits per heavy atom. The van der Waals surface area contributed by atoms with Crippen molar-refractivity contribution in [3.8, 4) is 0 Å². The van der Waals surface area contributed by atoms with Crippen molar-refractivity contribution in [1.82, 2.24) is 0 Å². The van der Waals surface area contributed by atoms with Crippen molar-refractivity contribution in [2.45, 2.75) is 58.1 Å². The molecule has 0 aromatic rings. The molecule has 1 aliphatic carbocycles. The molecule has 1 saturated carbocycles. The van der Waals surface area contributed by atoms with E-state index in [0.29, 0.717) is 11.3 Å². The third-order valence-corrected chi connectivity index (χ3v) is 4.88. The molecule has 0 bridgehead atoms. The van der Waals surface area contributed by atoms with Crippen LogP contribution in [0.15, 0.2) is 0 Å². The van der Waals surface area contributed by atoms with Gasteiger partial charge in [0.25, 0.3) is 0 Å². The van der Waals surface area contributed by atoms with Crippen molar-refractivity contribution in [3.05, 3.63) is 0 Å². The first-order chi connectivity index (χ1) is 6.68. The number of sulfone groups is 1. The molecule has 0 heterocycles. The van der Waals surface area contributed by atoms with E-state index in [4.69, 9.17) is 0 Å². The summed E-state index contributed by atoms with van der Waals surface area (Å²) in [5, 5.41) is -0.0707. The zero-order chi connectivity index (χ0) is 11.7. The molecule has 0 amide bonds. The van der Waals surface area contributed by atoms with Crippen LogP contribution in [0, 0.1) is 11.3 Å². The van der Waals surface area contributed by atoms with E-state index in [1.165, 1.54) is 12.7 Å². The molecule has 2 nitrogen and oxygen atoms in total. The van der Waals surface area contributed by atoms with Gasteiger partial charge in [-0.05, 0) is 30.6 Å². The van der Waals surface area contributed by atoms with Crippen molar-refractivity contribution in [3.63, 3.8) is 0 Å². The normalized spacial score (nSPS) is 29.1. The maximum absolute atomic E-state index is 11.5. The van der Waals surface area contributed by atoms with Gasteiger partial charge in [0.1, 0.15) is 9.84 Å². The highest BCUT2D eigenvalue weighted by molar-refractivity contribution is 7.91. The second-order valence-electron chi connectivity index (χ2n) is 6.25. The lowest BCUT2D eigenvalue weighted by molar-refractivity contribution is 0.241. The minimum atomic E-state index is -2.81. The van der Waals surface area contributed by atoms with Gasteiger partial charge >= 0.3 is 0 Å². The van der Waals surface area contributed by atoms with E-state index in [-0.39, 0.29) is 5.25 Å². The summed E-state index contributed by atoms with van der Waals surface area (Å²) in [6.07, 6.45) is 6.59. The molecule has 1 fully saturated rings. The lowest BCUT2D eigenvalue weighted by atomic mass is 9.77. The summed E-state index contributed by atoms with van der Waals surface area (Å²) in [5.74, 6) is 0.610. The summed E-state index contributed by atoms with van der Waals surface area (Å²) >= 11 is 0. The lowest BCUT2D eigenvalue weighted by Crippen LogP contribution is -2.29. The fourth-order valence-electron chi connectivity index (χ4n) is 2.68. The van der Waals surface area contributed by atoms with Crippen LogP contribution < -0.4 is 0 Å². The van der Waals surface area contributed by atoms with E-state index < -0.39 is 9.84 Å². The molecule has 0 aliphatic heterocycles. The maximum Gasteiger partial charge on any atom is 0.150 e. The van der Waals surface area contributed by atoms with Crippen LogP contribution in [0.5, 0.6) is 0 Å². The number of hydrogen-bond donors (Lipinski definition) is 0. The van der Waals surface area contributed by atoms with Crippen molar-refractivity contribution in [2.24, 2.45) is 11.3 Å². The first-order valence-electron chi connectivity index (χ1n) is 5.87. The molecular weight excluding hydrogens is 208 g/mol. The van der Waals surface area contributed by atoms with Crippen LogP contribution in [0.1, 0.15) is 52.9 Å². The number of hydrogen-bond acceptors (Lipinski definition) is 2. The average Bonchev–Trinajstić information content (AvgIpc) is 1.99. The highest BCUT2D eigenvalue weighted by atomic mass is 32.2. The van der Waals surface area contributed by atoms with Crippen molar-refractivity contribution >= 4 is 9.84 Å². The summed E-state index contributed by atoms with van der Waals surface area (Å²) in [6, 6.07) is 0. The molecule has 0 N–H and O–H groups in total. The van der Waals surface area contributed by atoms with Gasteiger partial charge in [-0.3, -0.25) is 0 Å². The Bertz CT molecular complexity index is 298. The van der Waals surface area contributed by atoms with E-state index in [0.717, 1.165) is 25.7 Å². The van der Waals surface area contributed by atoms with Crippen molar-refractivity contribution in [1.29, 1.82) is 0 Å². The summed E-state index contributed by atoms with van der Waals surface area (Å²) in [7, 11) is -2.81. The van der Waals surface area contributed by atoms with Gasteiger partial charge in [0.05, 0.1) is 5.25 Å². The predicted molar refractivity (Wildman–Crippen MR) is 64.7 cm³/mol. The molecule has 90 valence electrons. The smallest absolute Gasteiger partial charge is 0.150 e. The van der Waals surface area contributed by atoms with Gasteiger partial charge in [-0.2, -0.15) is 0 Å². The third-order valence-electron chi connectivity index (χ3n) is 3.24. The summed E-state index contributed by atoms with van der Waals surface area (Å²) in [6.45, 7) is 6.70. The maximum atomic E-state index is 11.5. The molecule has 0 spiro atoms. The minimum Gasteiger partial charge on any atom is -0.229 e. The van der Waals surface area contributed by atoms with Crippen LogP contribution in [0.3, 0.4) is 0 Å². The topological polar surface area (TPSA) is 34.1 Å². The van der Waals surface area contributed by atoms with E-state index >= 15 is 0 Å². The predicted octanol–water partition coefficient (Wildman–Crippen LogP) is 3.03. The van der Waals surface area contributed by atoms with Crippen LogP contribution in [0.4, 0.5) is 0 Å². The second kappa shape index (κ2) is 4.44. The Balaban J connectivity index is 2.57. The van der Waals surface area contributed by atoms with Crippen LogP contribution in [0.25, 0.3) is 0 Å². The molecule has 0 radical (unpaired) electrons. The minimum absolute atomic E-state index is 0.0707. The molecule has 2 unspecified atom stereocenters. The third kappa shape index (κ3) is 4.54. The van der Waals surface area contributed by atoms with E-state index in [1.807, 2.05) is 0 Å². The van der Waals surface area contributed by atoms with Gasteiger partial charge in [-0.15, -0.1) is 0 Å². The van der Waals surface area contributed by atoms with Gasteiger partial charge in [-0.25, -0.2) is 8.42 Å². The molecule has 0 aromatic heterocycles. The molecule has 2 atom stereocenters. The van der Waals surface area contributed by atoms with E-state index in [2.05, 4.69) is 20.8 Å². The van der Waals surface area contributed by atoms with Gasteiger partial charge < -0.3 is 0 Å². The van der Waals surface area contributed by atoms with Crippen LogP contribution >= 0.6 is 0 Å². The Morgan fingerprint density at radius 2 is 1.80 bits per heavy atom. The summed E-state index contributed by atoms with van der Waals surface area (Å²) < 4.78 is 23.0. The van der Waals surface area contributed by atoms with Crippen LogP contribution in [-0.4, -0.2) is 19.9 Å². The molecular formula is C12H24O2S. The van der Waals surface area contributed by atoms with Crippen molar-refractivity contribution in [2.75, 3.05) is 6.26 Å². The van der Waals surface area contributed by atoms with Crippen LogP contribution in [-0.2, 0) is 9.84 Å². The first kappa shape index (κ1) is 13.0. The zero-order valence-corrected chi connectivity index (χ0v) is 11.2. The number of rotatable bonds is 2. The van der Waals surface area contributed by atoms with Crippen LogP contribution in [0.2, 0.25) is 0 Å². The zero-order valence-electron chi connectivity index (χ0n) is 10.4. The summed E-state index contributed by atoms with van der Waals surface area (Å²) in [5.41, 5.74) is 0.323.